The molecule has 0 atom stereocenters. The second-order valence-electron chi connectivity index (χ2n) is 15.6. The molecule has 0 spiro atoms. The molecule has 2 aliphatic rings. The van der Waals surface area contributed by atoms with E-state index in [2.05, 4.69) is 209 Å². The predicted octanol–water partition coefficient (Wildman–Crippen LogP) is 11.9. The van der Waals surface area contributed by atoms with Gasteiger partial charge in [-0.3, -0.25) is 0 Å². The normalized spacial score (nSPS) is 12.6. The Morgan fingerprint density at radius 2 is 0.746 bits per heavy atom. The molecule has 0 aliphatic carbocycles. The van der Waals surface area contributed by atoms with Gasteiger partial charge in [0.1, 0.15) is 23.0 Å². The lowest BCUT2D eigenvalue weighted by Gasteiger charge is -2.35. The van der Waals surface area contributed by atoms with Gasteiger partial charge in [0, 0.05) is 49.5 Å². The highest BCUT2D eigenvalue weighted by molar-refractivity contribution is 6.98. The third kappa shape index (κ3) is 4.67. The van der Waals surface area contributed by atoms with Crippen molar-refractivity contribution in [3.8, 4) is 56.6 Å². The first-order chi connectivity index (χ1) is 29.3. The zero-order valence-electron chi connectivity index (χ0n) is 31.8. The first-order valence-corrected chi connectivity index (χ1v) is 20.2. The summed E-state index contributed by atoms with van der Waals surface area (Å²) in [5.74, 6) is 3.43. The van der Waals surface area contributed by atoms with E-state index in [4.69, 9.17) is 9.47 Å². The highest BCUT2D eigenvalue weighted by atomic mass is 16.5. The number of hydrogen-bond acceptors (Lipinski definition) is 2. The van der Waals surface area contributed by atoms with Crippen LogP contribution in [0.25, 0.3) is 77.2 Å². The van der Waals surface area contributed by atoms with Crippen molar-refractivity contribution in [2.75, 3.05) is 0 Å². The first kappa shape index (κ1) is 32.3. The maximum absolute atomic E-state index is 7.08. The Morgan fingerprint density at radius 1 is 0.339 bits per heavy atom. The average Bonchev–Trinajstić information content (AvgIpc) is 3.82. The van der Waals surface area contributed by atoms with E-state index >= 15 is 0 Å². The fraction of sp³-hybridized carbons (Fsp3) is 0. The molecule has 2 aromatic heterocycles. The van der Waals surface area contributed by atoms with Crippen LogP contribution in [-0.4, -0.2) is 15.8 Å². The van der Waals surface area contributed by atoms with Crippen molar-refractivity contribution in [2.24, 2.45) is 0 Å². The predicted molar refractivity (Wildman–Crippen MR) is 244 cm³/mol. The van der Waals surface area contributed by atoms with Crippen LogP contribution in [0.4, 0.5) is 0 Å². The second kappa shape index (κ2) is 12.4. The van der Waals surface area contributed by atoms with Crippen LogP contribution in [0, 0.1) is 0 Å². The average molecular weight is 753 g/mol. The van der Waals surface area contributed by atoms with Crippen LogP contribution in [0.15, 0.2) is 200 Å². The van der Waals surface area contributed by atoms with Gasteiger partial charge in [-0.1, -0.05) is 121 Å². The summed E-state index contributed by atoms with van der Waals surface area (Å²) in [4.78, 5) is 0. The molecule has 0 unspecified atom stereocenters. The minimum Gasteiger partial charge on any atom is -0.458 e. The maximum Gasteiger partial charge on any atom is 0.260 e. The number of fused-ring (bicyclic) bond motifs is 10. The largest absolute Gasteiger partial charge is 0.458 e. The maximum atomic E-state index is 7.08. The molecule has 274 valence electrons. The van der Waals surface area contributed by atoms with Gasteiger partial charge in [-0.15, -0.1) is 0 Å². The number of para-hydroxylation sites is 6. The zero-order chi connectivity index (χ0) is 38.6. The Morgan fingerprint density at radius 3 is 1.24 bits per heavy atom. The second-order valence-corrected chi connectivity index (χ2v) is 15.6. The Balaban J connectivity index is 1.11. The number of ether oxygens (including phenoxy) is 2. The van der Waals surface area contributed by atoms with Crippen LogP contribution >= 0.6 is 0 Å². The number of hydrogen-bond donors (Lipinski definition) is 0. The minimum atomic E-state index is -0.0685. The van der Waals surface area contributed by atoms with Gasteiger partial charge < -0.3 is 18.6 Å². The van der Waals surface area contributed by atoms with Crippen molar-refractivity contribution in [2.45, 2.75) is 0 Å². The van der Waals surface area contributed by atoms with E-state index in [9.17, 15) is 0 Å². The molecular formula is C54H33BN2O2. The molecule has 0 saturated carbocycles. The van der Waals surface area contributed by atoms with Crippen LogP contribution in [-0.2, 0) is 0 Å². The van der Waals surface area contributed by atoms with Gasteiger partial charge in [-0.25, -0.2) is 0 Å². The molecule has 5 heteroatoms. The summed E-state index contributed by atoms with van der Waals surface area (Å²) in [7, 11) is 0. The van der Waals surface area contributed by atoms with E-state index in [1.54, 1.807) is 0 Å². The third-order valence-corrected chi connectivity index (χ3v) is 12.4. The fourth-order valence-corrected chi connectivity index (χ4v) is 9.89. The lowest BCUT2D eigenvalue weighted by molar-refractivity contribution is 0.467. The SMILES string of the molecule is c1ccc(-n2c3ccccc3c3cc(-c4cc(-c5ccc6c(c5)c5ccccc5n6-c5ccccc5)c5c6c4Oc4ccccc4B6c4ccccc4O5)ccc32)cc1. The van der Waals surface area contributed by atoms with Gasteiger partial charge in [0.15, 0.2) is 0 Å². The molecule has 11 aromatic rings. The Labute approximate surface area is 340 Å². The Kier molecular flexibility index (Phi) is 6.78. The zero-order valence-corrected chi connectivity index (χ0v) is 31.8. The molecule has 2 aliphatic heterocycles. The molecule has 0 amide bonds. The van der Waals surface area contributed by atoms with Crippen molar-refractivity contribution in [1.29, 1.82) is 0 Å². The molecule has 0 fully saturated rings. The molecule has 4 heterocycles. The highest BCUT2D eigenvalue weighted by Gasteiger charge is 2.42. The standard InChI is InChI=1S/C54H33BN2O2/c1-3-15-36(16-4-1)56-46-23-11-7-19-38(46)42-31-34(27-29-48(42)56)40-33-41(35-28-30-49-43(32-35)39-20-8-12-24-47(39)57(49)37-17-5-2-6-18-37)54-52-53(40)58-50-25-13-9-21-44(50)55(52)45-22-10-14-26-51(45)59-54/h1-33H. The quantitative estimate of drug-likeness (QED) is 0.168. The number of benzene rings is 9. The third-order valence-electron chi connectivity index (χ3n) is 12.4. The first-order valence-electron chi connectivity index (χ1n) is 20.2. The molecule has 4 nitrogen and oxygen atoms in total. The van der Waals surface area contributed by atoms with Gasteiger partial charge in [-0.2, -0.15) is 0 Å². The van der Waals surface area contributed by atoms with Crippen LogP contribution in [0.1, 0.15) is 0 Å². The Hall–Kier alpha value is -7.76. The van der Waals surface area contributed by atoms with E-state index in [1.165, 1.54) is 32.6 Å². The molecule has 59 heavy (non-hydrogen) atoms. The fourth-order valence-electron chi connectivity index (χ4n) is 9.89. The van der Waals surface area contributed by atoms with Crippen molar-refractivity contribution >= 4 is 66.7 Å². The van der Waals surface area contributed by atoms with Crippen LogP contribution in [0.2, 0.25) is 0 Å². The summed E-state index contributed by atoms with van der Waals surface area (Å²) >= 11 is 0. The van der Waals surface area contributed by atoms with E-state index in [0.29, 0.717) is 0 Å². The van der Waals surface area contributed by atoms with Crippen LogP contribution in [0.3, 0.4) is 0 Å². The lowest BCUT2D eigenvalue weighted by Crippen LogP contribution is -2.57. The van der Waals surface area contributed by atoms with Crippen molar-refractivity contribution in [3.05, 3.63) is 200 Å². The molecular weight excluding hydrogens is 719 g/mol. The summed E-state index contributed by atoms with van der Waals surface area (Å²) in [6.45, 7) is -0.0685. The summed E-state index contributed by atoms with van der Waals surface area (Å²) in [6.07, 6.45) is 0. The topological polar surface area (TPSA) is 28.3 Å². The molecule has 0 N–H and O–H groups in total. The number of aromatic nitrogens is 2. The number of nitrogens with zero attached hydrogens (tertiary/aromatic N) is 2. The molecule has 13 rings (SSSR count). The highest BCUT2D eigenvalue weighted by Crippen LogP contribution is 2.48. The van der Waals surface area contributed by atoms with E-state index in [0.717, 1.165) is 84.0 Å². The molecule has 0 radical (unpaired) electrons. The van der Waals surface area contributed by atoms with Gasteiger partial charge in [-0.05, 0) is 101 Å². The van der Waals surface area contributed by atoms with Gasteiger partial charge in [0.05, 0.1) is 22.1 Å². The van der Waals surface area contributed by atoms with E-state index in [-0.39, 0.29) is 6.71 Å². The molecule has 0 bridgehead atoms. The van der Waals surface area contributed by atoms with Crippen LogP contribution < -0.4 is 25.9 Å². The lowest BCUT2D eigenvalue weighted by atomic mass is 9.34. The van der Waals surface area contributed by atoms with E-state index < -0.39 is 0 Å². The summed E-state index contributed by atoms with van der Waals surface area (Å²) < 4.78 is 18.9. The van der Waals surface area contributed by atoms with Crippen molar-refractivity contribution < 1.29 is 9.47 Å². The van der Waals surface area contributed by atoms with Gasteiger partial charge >= 0.3 is 0 Å². The van der Waals surface area contributed by atoms with Gasteiger partial charge in [0.25, 0.3) is 6.71 Å². The van der Waals surface area contributed by atoms with E-state index in [1.807, 2.05) is 0 Å². The number of rotatable bonds is 4. The van der Waals surface area contributed by atoms with Crippen molar-refractivity contribution in [3.63, 3.8) is 0 Å². The minimum absolute atomic E-state index is 0.0685. The monoisotopic (exact) mass is 752 g/mol. The van der Waals surface area contributed by atoms with Gasteiger partial charge in [0.2, 0.25) is 0 Å². The molecule has 9 aromatic carbocycles. The summed E-state index contributed by atoms with van der Waals surface area (Å²) in [6, 6.07) is 71.7. The van der Waals surface area contributed by atoms with Crippen LogP contribution in [0.5, 0.6) is 23.0 Å². The summed E-state index contributed by atoms with van der Waals surface area (Å²) in [5.41, 5.74) is 14.5. The smallest absolute Gasteiger partial charge is 0.260 e. The van der Waals surface area contributed by atoms with Crippen molar-refractivity contribution in [1.82, 2.24) is 9.13 Å². The Bertz CT molecular complexity index is 3280. The summed E-state index contributed by atoms with van der Waals surface area (Å²) in [5, 5.41) is 4.80. The molecule has 0 saturated heterocycles.